The first-order valence-electron chi connectivity index (χ1n) is 3.39. The van der Waals surface area contributed by atoms with Crippen molar-refractivity contribution in [3.8, 4) is 0 Å². The van der Waals surface area contributed by atoms with Crippen molar-refractivity contribution in [1.82, 2.24) is 0 Å². The van der Waals surface area contributed by atoms with E-state index in [0.29, 0.717) is 0 Å². The van der Waals surface area contributed by atoms with Gasteiger partial charge in [0.25, 0.3) is 0 Å². The maximum Gasteiger partial charge on any atom is 0.108 e. The van der Waals surface area contributed by atoms with E-state index in [4.69, 9.17) is 25.5 Å². The second kappa shape index (κ2) is 5.45. The molecule has 0 aliphatic rings. The van der Waals surface area contributed by atoms with Crippen LogP contribution in [0.25, 0.3) is 0 Å². The van der Waals surface area contributed by atoms with E-state index in [1.807, 2.05) is 0 Å². The highest BCUT2D eigenvalue weighted by atomic mass is 16.4. The van der Waals surface area contributed by atoms with Gasteiger partial charge < -0.3 is 25.5 Å². The summed E-state index contributed by atoms with van der Waals surface area (Å²) >= 11 is 0. The third kappa shape index (κ3) is 3.64. The Balaban J connectivity index is 3.70. The van der Waals surface area contributed by atoms with E-state index in [0.717, 1.165) is 0 Å². The Bertz CT molecular complexity index is 97.0. The molecule has 0 bridgehead atoms. The van der Waals surface area contributed by atoms with Crippen LogP contribution in [-0.4, -0.2) is 57.1 Å². The first-order chi connectivity index (χ1) is 5.13. The fourth-order valence-electron chi connectivity index (χ4n) is 0.667. The van der Waals surface area contributed by atoms with Crippen molar-refractivity contribution >= 4 is 0 Å². The lowest BCUT2D eigenvalue weighted by Gasteiger charge is -2.20. The highest BCUT2D eigenvalue weighted by molar-refractivity contribution is 4.73. The van der Waals surface area contributed by atoms with Crippen LogP contribution in [0.15, 0.2) is 0 Å². The number of aliphatic hydroxyl groups is 5. The van der Waals surface area contributed by atoms with Gasteiger partial charge in [-0.25, -0.2) is 0 Å². The minimum Gasteiger partial charge on any atom is -0.396 e. The molecule has 3 atom stereocenters. The predicted molar refractivity (Wildman–Crippen MR) is 36.8 cm³/mol. The summed E-state index contributed by atoms with van der Waals surface area (Å²) in [7, 11) is 0. The van der Waals surface area contributed by atoms with Gasteiger partial charge in [0.15, 0.2) is 0 Å². The molecule has 68 valence electrons. The molecule has 0 saturated carbocycles. The molecular weight excluding hydrogens is 152 g/mol. The minimum absolute atomic E-state index is 0.0156. The van der Waals surface area contributed by atoms with Crippen LogP contribution >= 0.6 is 0 Å². The van der Waals surface area contributed by atoms with Gasteiger partial charge in [-0.05, 0) is 6.42 Å². The van der Waals surface area contributed by atoms with Crippen LogP contribution < -0.4 is 0 Å². The zero-order valence-electron chi connectivity index (χ0n) is 6.09. The first kappa shape index (κ1) is 10.8. The highest BCUT2D eigenvalue weighted by Crippen LogP contribution is 2.02. The molecule has 11 heavy (non-hydrogen) atoms. The van der Waals surface area contributed by atoms with Crippen LogP contribution in [0.5, 0.6) is 0 Å². The molecule has 5 N–H and O–H groups in total. The van der Waals surface area contributed by atoms with Crippen LogP contribution in [0.3, 0.4) is 0 Å². The molecule has 0 rings (SSSR count). The zero-order valence-corrected chi connectivity index (χ0v) is 6.09. The fraction of sp³-hybridized carbons (Fsp3) is 1.00. The minimum atomic E-state index is -1.40. The van der Waals surface area contributed by atoms with Crippen LogP contribution in [0.4, 0.5) is 0 Å². The largest absolute Gasteiger partial charge is 0.396 e. The van der Waals surface area contributed by atoms with Crippen LogP contribution in [0.1, 0.15) is 6.42 Å². The first-order valence-corrected chi connectivity index (χ1v) is 3.39. The number of aliphatic hydroxyl groups excluding tert-OH is 5. The Morgan fingerprint density at radius 1 is 0.909 bits per heavy atom. The fourth-order valence-corrected chi connectivity index (χ4v) is 0.667. The number of hydrogen-bond acceptors (Lipinski definition) is 5. The van der Waals surface area contributed by atoms with Crippen molar-refractivity contribution in [2.75, 3.05) is 13.2 Å². The Kier molecular flexibility index (Phi) is 5.35. The van der Waals surface area contributed by atoms with Crippen molar-refractivity contribution in [3.63, 3.8) is 0 Å². The summed E-state index contributed by atoms with van der Waals surface area (Å²) in [4.78, 5) is 0. The van der Waals surface area contributed by atoms with Crippen LogP contribution in [0.2, 0.25) is 0 Å². The quantitative estimate of drug-likeness (QED) is 0.309. The lowest BCUT2D eigenvalue weighted by atomic mass is 10.1. The average molecular weight is 166 g/mol. The molecule has 0 radical (unpaired) electrons. The van der Waals surface area contributed by atoms with E-state index in [-0.39, 0.29) is 13.0 Å². The molecule has 0 unspecified atom stereocenters. The highest BCUT2D eigenvalue weighted by Gasteiger charge is 2.22. The topological polar surface area (TPSA) is 101 Å². The molecule has 0 aromatic carbocycles. The summed E-state index contributed by atoms with van der Waals surface area (Å²) < 4.78 is 0. The Morgan fingerprint density at radius 3 is 1.82 bits per heavy atom. The number of hydrogen-bond donors (Lipinski definition) is 5. The molecule has 0 aliphatic carbocycles. The van der Waals surface area contributed by atoms with Crippen molar-refractivity contribution < 1.29 is 25.5 Å². The van der Waals surface area contributed by atoms with E-state index < -0.39 is 24.9 Å². The lowest BCUT2D eigenvalue weighted by Crippen LogP contribution is -2.39. The average Bonchev–Trinajstić information content (AvgIpc) is 2.02. The van der Waals surface area contributed by atoms with E-state index in [1.54, 1.807) is 0 Å². The standard InChI is InChI=1S/C6H14O5/c7-2-1-4(9)6(11)5(10)3-8/h4-11H,1-3H2/t4-,5+,6-/m0/s1. The monoisotopic (exact) mass is 166 g/mol. The van der Waals surface area contributed by atoms with E-state index in [1.165, 1.54) is 0 Å². The molecule has 0 saturated heterocycles. The molecule has 0 amide bonds. The van der Waals surface area contributed by atoms with Gasteiger partial charge >= 0.3 is 0 Å². The van der Waals surface area contributed by atoms with Gasteiger partial charge in [0.05, 0.1) is 12.7 Å². The molecule has 0 spiro atoms. The molecule has 5 heteroatoms. The van der Waals surface area contributed by atoms with Crippen LogP contribution in [-0.2, 0) is 0 Å². The second-order valence-corrected chi connectivity index (χ2v) is 2.32. The SMILES string of the molecule is OCC[C@H](O)[C@H](O)[C@H](O)CO. The summed E-state index contributed by atoms with van der Waals surface area (Å²) in [5.41, 5.74) is 0. The van der Waals surface area contributed by atoms with Gasteiger partial charge in [-0.15, -0.1) is 0 Å². The van der Waals surface area contributed by atoms with Gasteiger partial charge in [-0.2, -0.15) is 0 Å². The summed E-state index contributed by atoms with van der Waals surface area (Å²) in [6, 6.07) is 0. The maximum absolute atomic E-state index is 8.95. The van der Waals surface area contributed by atoms with E-state index in [2.05, 4.69) is 0 Å². The third-order valence-electron chi connectivity index (χ3n) is 1.40. The molecular formula is C6H14O5. The van der Waals surface area contributed by atoms with Crippen LogP contribution in [0, 0.1) is 0 Å². The van der Waals surface area contributed by atoms with Gasteiger partial charge in [0.1, 0.15) is 12.2 Å². The van der Waals surface area contributed by atoms with Crippen molar-refractivity contribution in [2.24, 2.45) is 0 Å². The number of rotatable bonds is 5. The summed E-state index contributed by atoms with van der Waals surface area (Å²) in [6.07, 6.45) is -3.95. The normalized spacial score (nSPS) is 19.4. The van der Waals surface area contributed by atoms with Gasteiger partial charge in [0.2, 0.25) is 0 Å². The third-order valence-corrected chi connectivity index (χ3v) is 1.40. The summed E-state index contributed by atoms with van der Waals surface area (Å²) in [6.45, 7) is -0.875. The second-order valence-electron chi connectivity index (χ2n) is 2.32. The van der Waals surface area contributed by atoms with Crippen molar-refractivity contribution in [2.45, 2.75) is 24.7 Å². The summed E-state index contributed by atoms with van der Waals surface area (Å²) in [5.74, 6) is 0. The van der Waals surface area contributed by atoms with Gasteiger partial charge in [-0.1, -0.05) is 0 Å². The summed E-state index contributed by atoms with van der Waals surface area (Å²) in [5, 5.41) is 43.3. The Hall–Kier alpha value is -0.200. The van der Waals surface area contributed by atoms with Gasteiger partial charge in [0, 0.05) is 6.61 Å². The molecule has 0 aromatic rings. The molecule has 0 fully saturated rings. The maximum atomic E-state index is 8.95. The molecule has 0 aromatic heterocycles. The Labute approximate surface area is 64.5 Å². The van der Waals surface area contributed by atoms with Crippen molar-refractivity contribution in [1.29, 1.82) is 0 Å². The van der Waals surface area contributed by atoms with Gasteiger partial charge in [-0.3, -0.25) is 0 Å². The lowest BCUT2D eigenvalue weighted by molar-refractivity contribution is -0.0813. The molecule has 0 heterocycles. The van der Waals surface area contributed by atoms with E-state index >= 15 is 0 Å². The predicted octanol–water partition coefficient (Wildman–Crippen LogP) is -2.56. The van der Waals surface area contributed by atoms with Crippen molar-refractivity contribution in [3.05, 3.63) is 0 Å². The molecule has 0 aliphatic heterocycles. The smallest absolute Gasteiger partial charge is 0.108 e. The van der Waals surface area contributed by atoms with E-state index in [9.17, 15) is 0 Å². The molecule has 5 nitrogen and oxygen atoms in total. The Morgan fingerprint density at radius 2 is 1.45 bits per heavy atom. The zero-order chi connectivity index (χ0) is 8.85.